The van der Waals surface area contributed by atoms with Gasteiger partial charge in [-0.2, -0.15) is 0 Å². The molecule has 24 heavy (non-hydrogen) atoms. The van der Waals surface area contributed by atoms with Crippen molar-refractivity contribution in [2.75, 3.05) is 14.2 Å². The van der Waals surface area contributed by atoms with Gasteiger partial charge < -0.3 is 14.6 Å². The van der Waals surface area contributed by atoms with Crippen molar-refractivity contribution in [3.63, 3.8) is 0 Å². The van der Waals surface area contributed by atoms with Gasteiger partial charge in [-0.05, 0) is 24.6 Å². The number of carbonyl (C=O) groups is 1. The smallest absolute Gasteiger partial charge is 0.311 e. The van der Waals surface area contributed by atoms with Gasteiger partial charge in [0.1, 0.15) is 11.5 Å². The number of nitrogens with zero attached hydrogens (tertiary/aromatic N) is 1. The fraction of sp³-hybridized carbons (Fsp3) is 0.235. The van der Waals surface area contributed by atoms with Crippen LogP contribution in [0.5, 0.6) is 11.5 Å². The highest BCUT2D eigenvalue weighted by atomic mass is 16.6. The van der Waals surface area contributed by atoms with Crippen LogP contribution in [0, 0.1) is 10.1 Å². The third-order valence-corrected chi connectivity index (χ3v) is 3.72. The third-order valence-electron chi connectivity index (χ3n) is 3.72. The number of hydrogen-bond donors (Lipinski definition) is 1. The van der Waals surface area contributed by atoms with E-state index in [2.05, 4.69) is 0 Å². The second kappa shape index (κ2) is 7.45. The van der Waals surface area contributed by atoms with E-state index in [0.29, 0.717) is 22.6 Å². The van der Waals surface area contributed by atoms with E-state index in [1.54, 1.807) is 36.4 Å². The number of ether oxygens (including phenoxy) is 2. The third kappa shape index (κ3) is 3.62. The molecular formula is C17H17NO6. The van der Waals surface area contributed by atoms with Crippen LogP contribution >= 0.6 is 0 Å². The van der Waals surface area contributed by atoms with Crippen LogP contribution in [-0.4, -0.2) is 30.2 Å². The quantitative estimate of drug-likeness (QED) is 0.618. The minimum Gasteiger partial charge on any atom is -0.497 e. The van der Waals surface area contributed by atoms with Gasteiger partial charge in [0.25, 0.3) is 5.69 Å². The first-order valence-electron chi connectivity index (χ1n) is 7.15. The van der Waals surface area contributed by atoms with Gasteiger partial charge in [-0.25, -0.2) is 0 Å². The molecule has 0 bridgehead atoms. The molecule has 2 aromatic rings. The van der Waals surface area contributed by atoms with Gasteiger partial charge in [0.15, 0.2) is 0 Å². The molecular weight excluding hydrogens is 314 g/mol. The highest BCUT2D eigenvalue weighted by Crippen LogP contribution is 2.34. The fourth-order valence-corrected chi connectivity index (χ4v) is 2.52. The second-order valence-electron chi connectivity index (χ2n) is 5.09. The minimum absolute atomic E-state index is 0.0317. The number of carboxylic acid groups (broad SMARTS) is 1. The van der Waals surface area contributed by atoms with Crippen LogP contribution in [0.15, 0.2) is 42.5 Å². The number of methoxy groups -OCH3 is 2. The van der Waals surface area contributed by atoms with Crippen LogP contribution in [0.25, 0.3) is 0 Å². The van der Waals surface area contributed by atoms with Crippen molar-refractivity contribution < 1.29 is 24.3 Å². The highest BCUT2D eigenvalue weighted by molar-refractivity contribution is 5.78. The van der Waals surface area contributed by atoms with Crippen molar-refractivity contribution in [3.05, 3.63) is 63.7 Å². The Balaban J connectivity index is 2.49. The maximum Gasteiger partial charge on any atom is 0.311 e. The number of nitro groups is 1. The average molecular weight is 331 g/mol. The number of hydrogen-bond acceptors (Lipinski definition) is 5. The summed E-state index contributed by atoms with van der Waals surface area (Å²) in [6.45, 7) is 0. The molecule has 2 rings (SSSR count). The summed E-state index contributed by atoms with van der Waals surface area (Å²) in [6, 6.07) is 11.0. The number of carboxylic acids is 1. The predicted octanol–water partition coefficient (Wildman–Crippen LogP) is 3.02. The molecule has 0 aromatic heterocycles. The van der Waals surface area contributed by atoms with E-state index in [-0.39, 0.29) is 12.1 Å². The van der Waals surface area contributed by atoms with Crippen LogP contribution in [-0.2, 0) is 11.2 Å². The Morgan fingerprint density at radius 1 is 1.21 bits per heavy atom. The number of para-hydroxylation sites is 1. The zero-order chi connectivity index (χ0) is 17.7. The van der Waals surface area contributed by atoms with Crippen LogP contribution < -0.4 is 9.47 Å². The van der Waals surface area contributed by atoms with Crippen molar-refractivity contribution in [1.82, 2.24) is 0 Å². The van der Waals surface area contributed by atoms with Crippen molar-refractivity contribution in [2.45, 2.75) is 12.3 Å². The molecule has 0 spiro atoms. The molecule has 1 N–H and O–H groups in total. The molecule has 0 heterocycles. The molecule has 7 heteroatoms. The lowest BCUT2D eigenvalue weighted by Gasteiger charge is -2.17. The van der Waals surface area contributed by atoms with E-state index < -0.39 is 16.8 Å². The van der Waals surface area contributed by atoms with E-state index in [0.717, 1.165) is 0 Å². The van der Waals surface area contributed by atoms with Crippen LogP contribution in [0.2, 0.25) is 0 Å². The summed E-state index contributed by atoms with van der Waals surface area (Å²) in [4.78, 5) is 22.4. The summed E-state index contributed by atoms with van der Waals surface area (Å²) in [5.41, 5.74) is 0.646. The highest BCUT2D eigenvalue weighted by Gasteiger charge is 2.27. The normalized spacial score (nSPS) is 11.6. The summed E-state index contributed by atoms with van der Waals surface area (Å²) in [6.07, 6.45) is -0.0317. The Morgan fingerprint density at radius 2 is 1.92 bits per heavy atom. The largest absolute Gasteiger partial charge is 0.497 e. The molecule has 0 saturated carbocycles. The van der Waals surface area contributed by atoms with Crippen molar-refractivity contribution in [1.29, 1.82) is 0 Å². The molecule has 126 valence electrons. The lowest BCUT2D eigenvalue weighted by molar-refractivity contribution is -0.385. The monoisotopic (exact) mass is 331 g/mol. The van der Waals surface area contributed by atoms with Gasteiger partial charge in [-0.1, -0.05) is 18.2 Å². The SMILES string of the molecule is COc1ccc(OC)c(C(Cc2ccccc2[N+](=O)[O-])C(=O)O)c1. The summed E-state index contributed by atoms with van der Waals surface area (Å²) < 4.78 is 10.4. The molecule has 0 aliphatic rings. The Hall–Kier alpha value is -3.09. The van der Waals surface area contributed by atoms with Gasteiger partial charge in [-0.3, -0.25) is 14.9 Å². The van der Waals surface area contributed by atoms with Gasteiger partial charge >= 0.3 is 5.97 Å². The lowest BCUT2D eigenvalue weighted by Crippen LogP contribution is -2.16. The maximum absolute atomic E-state index is 11.8. The van der Waals surface area contributed by atoms with Crippen molar-refractivity contribution >= 4 is 11.7 Å². The molecule has 7 nitrogen and oxygen atoms in total. The van der Waals surface area contributed by atoms with E-state index in [9.17, 15) is 20.0 Å². The molecule has 1 unspecified atom stereocenters. The maximum atomic E-state index is 11.8. The first-order chi connectivity index (χ1) is 11.5. The Kier molecular flexibility index (Phi) is 5.36. The second-order valence-corrected chi connectivity index (χ2v) is 5.09. The molecule has 0 amide bonds. The van der Waals surface area contributed by atoms with Gasteiger partial charge in [0, 0.05) is 17.2 Å². The summed E-state index contributed by atoms with van der Waals surface area (Å²) >= 11 is 0. The fourth-order valence-electron chi connectivity index (χ4n) is 2.52. The number of aliphatic carboxylic acids is 1. The predicted molar refractivity (Wildman–Crippen MR) is 86.7 cm³/mol. The van der Waals surface area contributed by atoms with E-state index >= 15 is 0 Å². The first kappa shape index (κ1) is 17.3. The minimum atomic E-state index is -1.10. The molecule has 0 aliphatic carbocycles. The Labute approximate surface area is 138 Å². The topological polar surface area (TPSA) is 98.9 Å². The number of nitro benzene ring substituents is 1. The molecule has 1 atom stereocenters. The number of rotatable bonds is 7. The molecule has 2 aromatic carbocycles. The molecule has 0 fully saturated rings. The van der Waals surface area contributed by atoms with E-state index in [1.165, 1.54) is 20.3 Å². The molecule has 0 saturated heterocycles. The van der Waals surface area contributed by atoms with Crippen molar-refractivity contribution in [3.8, 4) is 11.5 Å². The summed E-state index contributed by atoms with van der Waals surface area (Å²) in [7, 11) is 2.92. The van der Waals surface area contributed by atoms with Gasteiger partial charge in [-0.15, -0.1) is 0 Å². The van der Waals surface area contributed by atoms with Crippen molar-refractivity contribution in [2.24, 2.45) is 0 Å². The molecule has 0 radical (unpaired) electrons. The zero-order valence-corrected chi connectivity index (χ0v) is 13.3. The Bertz CT molecular complexity index is 758. The Morgan fingerprint density at radius 3 is 2.50 bits per heavy atom. The van der Waals surface area contributed by atoms with E-state index in [1.807, 2.05) is 0 Å². The first-order valence-corrected chi connectivity index (χ1v) is 7.15. The standard InChI is InChI=1S/C17H17NO6/c1-23-12-7-8-16(24-2)13(10-12)14(17(19)20)9-11-5-3-4-6-15(11)18(21)22/h3-8,10,14H,9H2,1-2H3,(H,19,20). The van der Waals surface area contributed by atoms with Crippen LogP contribution in [0.3, 0.4) is 0 Å². The zero-order valence-electron chi connectivity index (χ0n) is 13.3. The van der Waals surface area contributed by atoms with Gasteiger partial charge in [0.05, 0.1) is 25.1 Å². The average Bonchev–Trinajstić information content (AvgIpc) is 2.59. The summed E-state index contributed by atoms with van der Waals surface area (Å²) in [5, 5.41) is 20.8. The number of benzene rings is 2. The van der Waals surface area contributed by atoms with Gasteiger partial charge in [0.2, 0.25) is 0 Å². The van der Waals surface area contributed by atoms with Crippen LogP contribution in [0.4, 0.5) is 5.69 Å². The lowest BCUT2D eigenvalue weighted by atomic mass is 9.90. The van der Waals surface area contributed by atoms with Crippen LogP contribution in [0.1, 0.15) is 17.0 Å². The summed E-state index contributed by atoms with van der Waals surface area (Å²) in [5.74, 6) is -1.22. The van der Waals surface area contributed by atoms with E-state index in [4.69, 9.17) is 9.47 Å². The molecule has 0 aliphatic heterocycles.